The van der Waals surface area contributed by atoms with Crippen LogP contribution in [0.4, 0.5) is 10.5 Å². The number of nitrogens with one attached hydrogen (secondary N) is 2. The highest BCUT2D eigenvalue weighted by Gasteiger charge is 2.23. The van der Waals surface area contributed by atoms with Crippen LogP contribution in [-0.2, 0) is 10.2 Å². The summed E-state index contributed by atoms with van der Waals surface area (Å²) in [7, 11) is 0. The normalized spacial score (nSPS) is 11.9. The van der Waals surface area contributed by atoms with Crippen LogP contribution in [0, 0.1) is 0 Å². The second kappa shape index (κ2) is 6.16. The molecule has 1 aromatic rings. The van der Waals surface area contributed by atoms with Crippen molar-refractivity contribution in [3.63, 3.8) is 0 Å². The van der Waals surface area contributed by atoms with E-state index in [1.165, 1.54) is 5.56 Å². The maximum atomic E-state index is 11.9. The Morgan fingerprint density at radius 3 is 2.00 bits per heavy atom. The van der Waals surface area contributed by atoms with E-state index in [0.717, 1.165) is 0 Å². The van der Waals surface area contributed by atoms with Gasteiger partial charge in [0.2, 0.25) is 0 Å². The van der Waals surface area contributed by atoms with Gasteiger partial charge in [-0.05, 0) is 37.0 Å². The number of aliphatic carboxylic acids is 1. The van der Waals surface area contributed by atoms with Crippen molar-refractivity contribution in [2.24, 2.45) is 0 Å². The van der Waals surface area contributed by atoms with E-state index in [1.54, 1.807) is 13.8 Å². The third kappa shape index (κ3) is 5.85. The van der Waals surface area contributed by atoms with Gasteiger partial charge in [-0.25, -0.2) is 4.79 Å². The molecule has 0 aromatic heterocycles. The number of urea groups is 1. The van der Waals surface area contributed by atoms with Crippen LogP contribution >= 0.6 is 0 Å². The van der Waals surface area contributed by atoms with E-state index in [4.69, 9.17) is 5.11 Å². The highest BCUT2D eigenvalue weighted by Crippen LogP contribution is 2.23. The number of carbonyl (C=O) groups is 2. The lowest BCUT2D eigenvalue weighted by molar-refractivity contribution is -0.138. The van der Waals surface area contributed by atoms with E-state index in [9.17, 15) is 9.59 Å². The monoisotopic (exact) mass is 292 g/mol. The van der Waals surface area contributed by atoms with Gasteiger partial charge in [0.15, 0.2) is 0 Å². The highest BCUT2D eigenvalue weighted by atomic mass is 16.4. The predicted octanol–water partition coefficient (Wildman–Crippen LogP) is 3.36. The van der Waals surface area contributed by atoms with Crippen molar-refractivity contribution in [3.8, 4) is 0 Å². The fourth-order valence-corrected chi connectivity index (χ4v) is 1.95. The number of rotatable bonds is 4. The number of benzene rings is 1. The first-order chi connectivity index (χ1) is 9.49. The van der Waals surface area contributed by atoms with E-state index >= 15 is 0 Å². The Kier molecular flexibility index (Phi) is 4.99. The number of carboxylic acid groups (broad SMARTS) is 1. The minimum Gasteiger partial charge on any atom is -0.481 e. The molecule has 2 amide bonds. The Balaban J connectivity index is 2.65. The molecule has 0 heterocycles. The average Bonchev–Trinajstić information content (AvgIpc) is 2.25. The van der Waals surface area contributed by atoms with Gasteiger partial charge in [-0.3, -0.25) is 4.79 Å². The fraction of sp³-hybridized carbons (Fsp3) is 0.500. The third-order valence-corrected chi connectivity index (χ3v) is 3.05. The summed E-state index contributed by atoms with van der Waals surface area (Å²) >= 11 is 0. The zero-order valence-corrected chi connectivity index (χ0v) is 13.3. The van der Waals surface area contributed by atoms with Crippen LogP contribution in [0.5, 0.6) is 0 Å². The van der Waals surface area contributed by atoms with Crippen LogP contribution in [-0.4, -0.2) is 22.6 Å². The van der Waals surface area contributed by atoms with Crippen LogP contribution in [0.3, 0.4) is 0 Å². The Bertz CT molecular complexity index is 513. The molecule has 21 heavy (non-hydrogen) atoms. The first-order valence-corrected chi connectivity index (χ1v) is 6.91. The molecular weight excluding hydrogens is 268 g/mol. The molecule has 1 rings (SSSR count). The van der Waals surface area contributed by atoms with E-state index in [0.29, 0.717) is 5.69 Å². The van der Waals surface area contributed by atoms with Gasteiger partial charge in [0.25, 0.3) is 0 Å². The number of hydrogen-bond donors (Lipinski definition) is 3. The Labute approximate surface area is 125 Å². The highest BCUT2D eigenvalue weighted by molar-refractivity contribution is 5.90. The second-order valence-corrected chi connectivity index (χ2v) is 6.86. The van der Waals surface area contributed by atoms with Crippen molar-refractivity contribution in [3.05, 3.63) is 29.8 Å². The third-order valence-electron chi connectivity index (χ3n) is 3.05. The summed E-state index contributed by atoms with van der Waals surface area (Å²) in [6.45, 7) is 9.70. The van der Waals surface area contributed by atoms with Crippen molar-refractivity contribution in [2.45, 2.75) is 52.0 Å². The zero-order valence-electron chi connectivity index (χ0n) is 13.3. The minimum absolute atomic E-state index is 0.0598. The number of carboxylic acids is 1. The lowest BCUT2D eigenvalue weighted by atomic mass is 9.87. The standard InChI is InChI=1S/C16H24N2O3/c1-15(2,3)11-6-8-12(9-7-11)17-14(21)18-16(4,5)10-13(19)20/h6-9H,10H2,1-5H3,(H,19,20)(H2,17,18,21). The zero-order chi connectivity index (χ0) is 16.3. The summed E-state index contributed by atoms with van der Waals surface area (Å²) in [5.41, 5.74) is 1.11. The van der Waals surface area contributed by atoms with Gasteiger partial charge in [0, 0.05) is 11.2 Å². The summed E-state index contributed by atoms with van der Waals surface area (Å²) in [6.07, 6.45) is -0.136. The van der Waals surface area contributed by atoms with Gasteiger partial charge in [0.05, 0.1) is 6.42 Å². The summed E-state index contributed by atoms with van der Waals surface area (Å²) in [6, 6.07) is 7.20. The minimum atomic E-state index is -0.949. The van der Waals surface area contributed by atoms with Crippen molar-refractivity contribution < 1.29 is 14.7 Å². The van der Waals surface area contributed by atoms with Gasteiger partial charge in [0.1, 0.15) is 0 Å². The quantitative estimate of drug-likeness (QED) is 0.796. The lowest BCUT2D eigenvalue weighted by Crippen LogP contribution is -2.46. The number of carbonyl (C=O) groups excluding carboxylic acids is 1. The average molecular weight is 292 g/mol. The molecule has 0 unspecified atom stereocenters. The molecule has 0 saturated heterocycles. The van der Waals surface area contributed by atoms with Gasteiger partial charge < -0.3 is 15.7 Å². The molecule has 0 spiro atoms. The predicted molar refractivity (Wildman–Crippen MR) is 83.6 cm³/mol. The van der Waals surface area contributed by atoms with Crippen molar-refractivity contribution in [1.82, 2.24) is 5.32 Å². The molecule has 0 aliphatic heterocycles. The second-order valence-electron chi connectivity index (χ2n) is 6.86. The Hall–Kier alpha value is -2.04. The van der Waals surface area contributed by atoms with Crippen LogP contribution in [0.25, 0.3) is 0 Å². The molecule has 1 aromatic carbocycles. The molecule has 5 heteroatoms. The van der Waals surface area contributed by atoms with Gasteiger partial charge in [-0.15, -0.1) is 0 Å². The van der Waals surface area contributed by atoms with Gasteiger partial charge in [-0.2, -0.15) is 0 Å². The lowest BCUT2D eigenvalue weighted by Gasteiger charge is -2.24. The first-order valence-electron chi connectivity index (χ1n) is 6.91. The largest absolute Gasteiger partial charge is 0.481 e. The molecule has 5 nitrogen and oxygen atoms in total. The number of hydrogen-bond acceptors (Lipinski definition) is 2. The SMILES string of the molecule is CC(C)(CC(=O)O)NC(=O)Nc1ccc(C(C)(C)C)cc1. The number of anilines is 1. The van der Waals surface area contributed by atoms with E-state index in [2.05, 4.69) is 31.4 Å². The summed E-state index contributed by atoms with van der Waals surface area (Å²) in [5.74, 6) is -0.949. The topological polar surface area (TPSA) is 78.4 Å². The van der Waals surface area contributed by atoms with Crippen molar-refractivity contribution in [1.29, 1.82) is 0 Å². The Morgan fingerprint density at radius 2 is 1.57 bits per heavy atom. The van der Waals surface area contributed by atoms with E-state index in [-0.39, 0.29) is 11.8 Å². The summed E-state index contributed by atoms with van der Waals surface area (Å²) < 4.78 is 0. The molecule has 0 bridgehead atoms. The molecular formula is C16H24N2O3. The van der Waals surface area contributed by atoms with Crippen LogP contribution in [0.15, 0.2) is 24.3 Å². The molecule has 116 valence electrons. The molecule has 0 aliphatic rings. The number of amides is 2. The Morgan fingerprint density at radius 1 is 1.05 bits per heavy atom. The van der Waals surface area contributed by atoms with Crippen molar-refractivity contribution >= 4 is 17.7 Å². The van der Waals surface area contributed by atoms with Crippen LogP contribution in [0.2, 0.25) is 0 Å². The molecule has 0 atom stereocenters. The van der Waals surface area contributed by atoms with Crippen molar-refractivity contribution in [2.75, 3.05) is 5.32 Å². The van der Waals surface area contributed by atoms with Crippen LogP contribution < -0.4 is 10.6 Å². The van der Waals surface area contributed by atoms with E-state index < -0.39 is 17.5 Å². The molecule has 3 N–H and O–H groups in total. The van der Waals surface area contributed by atoms with Gasteiger partial charge in [-0.1, -0.05) is 32.9 Å². The smallest absolute Gasteiger partial charge is 0.319 e. The molecule has 0 radical (unpaired) electrons. The van der Waals surface area contributed by atoms with E-state index in [1.807, 2.05) is 24.3 Å². The maximum absolute atomic E-state index is 11.9. The molecule has 0 fully saturated rings. The fourth-order valence-electron chi connectivity index (χ4n) is 1.95. The molecule has 0 aliphatic carbocycles. The summed E-state index contributed by atoms with van der Waals surface area (Å²) in [4.78, 5) is 22.6. The molecule has 0 saturated carbocycles. The maximum Gasteiger partial charge on any atom is 0.319 e. The van der Waals surface area contributed by atoms with Gasteiger partial charge >= 0.3 is 12.0 Å². The first kappa shape index (κ1) is 17.0. The summed E-state index contributed by atoms with van der Waals surface area (Å²) in [5, 5.41) is 14.1. The van der Waals surface area contributed by atoms with Crippen LogP contribution in [0.1, 0.15) is 46.6 Å².